The highest BCUT2D eigenvalue weighted by atomic mass is 32.2. The average Bonchev–Trinajstić information content (AvgIpc) is 3.23. The number of fused-ring (bicyclic) bond motifs is 1. The lowest BCUT2D eigenvalue weighted by Crippen LogP contribution is -2.36. The second-order valence-corrected chi connectivity index (χ2v) is 12.6. The van der Waals surface area contributed by atoms with Gasteiger partial charge < -0.3 is 18.8 Å². The molecule has 0 fully saturated rings. The number of nitrogens with zero attached hydrogens (tertiary/aromatic N) is 3. The molecule has 39 heavy (non-hydrogen) atoms. The third-order valence-electron chi connectivity index (χ3n) is 5.52. The van der Waals surface area contributed by atoms with E-state index in [0.717, 1.165) is 11.3 Å². The van der Waals surface area contributed by atoms with Crippen molar-refractivity contribution in [3.63, 3.8) is 0 Å². The van der Waals surface area contributed by atoms with Crippen molar-refractivity contribution in [2.45, 2.75) is 16.3 Å². The number of hydrogen-bond donors (Lipinski definition) is 1. The van der Waals surface area contributed by atoms with Crippen LogP contribution >= 0.6 is 11.3 Å². The summed E-state index contributed by atoms with van der Waals surface area (Å²) < 4.78 is 67.5. The number of amides is 1. The second kappa shape index (κ2) is 12.9. The lowest BCUT2D eigenvalue weighted by Gasteiger charge is -2.21. The summed E-state index contributed by atoms with van der Waals surface area (Å²) in [5, 5.41) is 5.22. The number of aromatic nitrogens is 1. The van der Waals surface area contributed by atoms with Crippen LogP contribution in [0.5, 0.6) is 0 Å². The van der Waals surface area contributed by atoms with Gasteiger partial charge in [0.1, 0.15) is 6.54 Å². The first-order chi connectivity index (χ1) is 18.4. The molecule has 2 aromatic carbocycles. The van der Waals surface area contributed by atoms with Crippen molar-refractivity contribution in [3.05, 3.63) is 52.8 Å². The summed E-state index contributed by atoms with van der Waals surface area (Å²) >= 11 is 0.978. The van der Waals surface area contributed by atoms with Crippen LogP contribution in [0, 0.1) is 0 Å². The molecule has 0 spiro atoms. The van der Waals surface area contributed by atoms with Crippen molar-refractivity contribution in [2.75, 3.05) is 47.6 Å². The monoisotopic (exact) mass is 600 g/mol. The third-order valence-corrected chi connectivity index (χ3v) is 9.39. The van der Waals surface area contributed by atoms with E-state index in [9.17, 15) is 26.4 Å². The van der Waals surface area contributed by atoms with Gasteiger partial charge in [0, 0.05) is 32.9 Å². The van der Waals surface area contributed by atoms with E-state index in [-0.39, 0.29) is 53.0 Å². The highest BCUT2D eigenvalue weighted by Gasteiger charge is 2.24. The van der Waals surface area contributed by atoms with Crippen molar-refractivity contribution >= 4 is 53.5 Å². The number of carbonyl (C=O) groups is 2. The second-order valence-electron chi connectivity index (χ2n) is 8.05. The number of nitrogens with two attached hydrogens (primary N) is 1. The van der Waals surface area contributed by atoms with Crippen molar-refractivity contribution < 1.29 is 40.6 Å². The summed E-state index contributed by atoms with van der Waals surface area (Å²) in [4.78, 5) is 29.1. The van der Waals surface area contributed by atoms with E-state index in [1.165, 1.54) is 72.7 Å². The standard InChI is InChI=1S/C23H28N4O9S3/c1-34-12-10-26(11-13-35-2)39(32,33)17-6-4-16(5-7-17)22(29)25-23-27(15-21(28)36-3)19-9-8-18(38(24,30)31)14-20(19)37-23/h4-9,14H,10-13,15H2,1-3H3,(H2,24,30,31). The molecule has 1 heterocycles. The zero-order valence-corrected chi connectivity index (χ0v) is 23.8. The molecule has 0 aliphatic rings. The minimum Gasteiger partial charge on any atom is -0.468 e. The number of hydrogen-bond acceptors (Lipinski definition) is 10. The molecule has 3 aromatic rings. The summed E-state index contributed by atoms with van der Waals surface area (Å²) in [5.41, 5.74) is 0.541. The fourth-order valence-electron chi connectivity index (χ4n) is 3.47. The molecule has 16 heteroatoms. The van der Waals surface area contributed by atoms with Gasteiger partial charge in [0.25, 0.3) is 5.91 Å². The van der Waals surface area contributed by atoms with Crippen molar-refractivity contribution in [1.29, 1.82) is 0 Å². The first-order valence-electron chi connectivity index (χ1n) is 11.3. The van der Waals surface area contributed by atoms with Gasteiger partial charge >= 0.3 is 5.97 Å². The van der Waals surface area contributed by atoms with E-state index in [1.54, 1.807) is 0 Å². The van der Waals surface area contributed by atoms with Crippen LogP contribution in [0.25, 0.3) is 10.2 Å². The predicted molar refractivity (Wildman–Crippen MR) is 142 cm³/mol. The van der Waals surface area contributed by atoms with Crippen LogP contribution in [0.4, 0.5) is 0 Å². The largest absolute Gasteiger partial charge is 0.468 e. The Kier molecular flexibility index (Phi) is 10.1. The summed E-state index contributed by atoms with van der Waals surface area (Å²) in [6, 6.07) is 9.33. The van der Waals surface area contributed by atoms with Crippen LogP contribution in [0.2, 0.25) is 0 Å². The molecule has 0 saturated carbocycles. The van der Waals surface area contributed by atoms with Gasteiger partial charge in [-0.05, 0) is 42.5 Å². The number of thiazole rings is 1. The maximum atomic E-state index is 13.1. The quantitative estimate of drug-likeness (QED) is 0.291. The van der Waals surface area contributed by atoms with Crippen LogP contribution in [0.15, 0.2) is 57.2 Å². The van der Waals surface area contributed by atoms with Crippen LogP contribution < -0.4 is 9.94 Å². The molecule has 0 radical (unpaired) electrons. The lowest BCUT2D eigenvalue weighted by atomic mass is 10.2. The van der Waals surface area contributed by atoms with E-state index >= 15 is 0 Å². The Morgan fingerprint density at radius 1 is 0.949 bits per heavy atom. The molecule has 1 amide bonds. The van der Waals surface area contributed by atoms with Crippen LogP contribution in [0.1, 0.15) is 10.4 Å². The molecule has 1 aromatic heterocycles. The SMILES string of the molecule is COCCN(CCOC)S(=O)(=O)c1ccc(C(=O)N=c2sc3cc(S(N)(=O)=O)ccc3n2CC(=O)OC)cc1. The molecule has 212 valence electrons. The van der Waals surface area contributed by atoms with E-state index in [1.807, 2.05) is 0 Å². The molecule has 0 atom stereocenters. The maximum Gasteiger partial charge on any atom is 0.325 e. The number of benzene rings is 2. The zero-order chi connectivity index (χ0) is 28.8. The highest BCUT2D eigenvalue weighted by molar-refractivity contribution is 7.89. The first kappa shape index (κ1) is 30.6. The Labute approximate surface area is 229 Å². The van der Waals surface area contributed by atoms with Gasteiger partial charge in [0.2, 0.25) is 20.0 Å². The molecule has 3 rings (SSSR count). The van der Waals surface area contributed by atoms with Gasteiger partial charge in [-0.2, -0.15) is 9.30 Å². The van der Waals surface area contributed by atoms with Crippen molar-refractivity contribution in [3.8, 4) is 0 Å². The lowest BCUT2D eigenvalue weighted by molar-refractivity contribution is -0.141. The third kappa shape index (κ3) is 7.36. The highest BCUT2D eigenvalue weighted by Crippen LogP contribution is 2.22. The Morgan fingerprint density at radius 3 is 2.08 bits per heavy atom. The number of primary sulfonamides is 1. The minimum atomic E-state index is -3.98. The normalized spacial score (nSPS) is 12.8. The van der Waals surface area contributed by atoms with Gasteiger partial charge in [0.05, 0.1) is 40.3 Å². The zero-order valence-electron chi connectivity index (χ0n) is 21.4. The minimum absolute atomic E-state index is 0.0237. The Hall–Kier alpha value is -2.99. The van der Waals surface area contributed by atoms with Crippen LogP contribution in [-0.2, 0) is 45.6 Å². The van der Waals surface area contributed by atoms with Crippen LogP contribution in [-0.4, -0.2) is 85.2 Å². The van der Waals surface area contributed by atoms with E-state index in [0.29, 0.717) is 10.2 Å². The van der Waals surface area contributed by atoms with Gasteiger partial charge in [0.15, 0.2) is 4.80 Å². The molecular weight excluding hydrogens is 572 g/mol. The molecule has 0 unspecified atom stereocenters. The van der Waals surface area contributed by atoms with Crippen LogP contribution in [0.3, 0.4) is 0 Å². The van der Waals surface area contributed by atoms with Crippen molar-refractivity contribution in [1.82, 2.24) is 8.87 Å². The maximum absolute atomic E-state index is 13.1. The Morgan fingerprint density at radius 2 is 1.54 bits per heavy atom. The summed E-state index contributed by atoms with van der Waals surface area (Å²) in [6.45, 7) is 0.345. The first-order valence-corrected chi connectivity index (χ1v) is 15.1. The number of ether oxygens (including phenoxy) is 3. The number of methoxy groups -OCH3 is 3. The van der Waals surface area contributed by atoms with Gasteiger partial charge in [-0.3, -0.25) is 9.59 Å². The fourth-order valence-corrected chi connectivity index (χ4v) is 6.56. The van der Waals surface area contributed by atoms with Gasteiger partial charge in [-0.1, -0.05) is 11.3 Å². The number of carbonyl (C=O) groups excluding carboxylic acids is 2. The summed E-state index contributed by atoms with van der Waals surface area (Å²) in [5.74, 6) is -1.31. The Balaban J connectivity index is 1.99. The van der Waals surface area contributed by atoms with E-state index in [2.05, 4.69) is 4.99 Å². The molecule has 0 bridgehead atoms. The smallest absolute Gasteiger partial charge is 0.325 e. The molecule has 2 N–H and O–H groups in total. The molecular formula is C23H28N4O9S3. The van der Waals surface area contributed by atoms with Crippen molar-refractivity contribution in [2.24, 2.45) is 10.1 Å². The summed E-state index contributed by atoms with van der Waals surface area (Å²) in [6.07, 6.45) is 0. The predicted octanol–water partition coefficient (Wildman–Crippen LogP) is 0.548. The molecule has 0 saturated heterocycles. The summed E-state index contributed by atoms with van der Waals surface area (Å²) in [7, 11) is -3.72. The number of esters is 1. The molecule has 13 nitrogen and oxygen atoms in total. The Bertz CT molecular complexity index is 1620. The topological polar surface area (TPSA) is 177 Å². The van der Waals surface area contributed by atoms with E-state index < -0.39 is 31.9 Å². The van der Waals surface area contributed by atoms with E-state index in [4.69, 9.17) is 19.3 Å². The number of sulfonamides is 2. The van der Waals surface area contributed by atoms with Gasteiger partial charge in [-0.15, -0.1) is 0 Å². The average molecular weight is 601 g/mol. The fraction of sp³-hybridized carbons (Fsp3) is 0.348. The number of rotatable bonds is 12. The molecule has 0 aliphatic carbocycles. The molecule has 0 aliphatic heterocycles. The van der Waals surface area contributed by atoms with Gasteiger partial charge in [-0.25, -0.2) is 22.0 Å².